The van der Waals surface area contributed by atoms with E-state index >= 15 is 0 Å². The molecule has 0 spiro atoms. The van der Waals surface area contributed by atoms with E-state index in [0.717, 1.165) is 16.9 Å². The van der Waals surface area contributed by atoms with Gasteiger partial charge in [0.1, 0.15) is 0 Å². The third-order valence-electron chi connectivity index (χ3n) is 4.48. The molecule has 3 N–H and O–H groups in total. The molecular weight excluding hydrogens is 342 g/mol. The van der Waals surface area contributed by atoms with E-state index in [1.165, 1.54) is 5.56 Å². The Morgan fingerprint density at radius 3 is 2.35 bits per heavy atom. The van der Waals surface area contributed by atoms with Gasteiger partial charge in [-0.25, -0.2) is 0 Å². The lowest BCUT2D eigenvalue weighted by molar-refractivity contribution is -0.113. The average Bonchev–Trinajstić information content (AvgIpc) is 2.61. The Balaban J connectivity index is 1.92. The zero-order chi connectivity index (χ0) is 18.7. The van der Waals surface area contributed by atoms with Gasteiger partial charge < -0.3 is 16.0 Å². The van der Waals surface area contributed by atoms with Gasteiger partial charge in [0.2, 0.25) is 0 Å². The molecule has 1 aliphatic rings. The number of allylic oxidation sites excluding steroid dienone is 1. The average molecular weight is 366 g/mol. The predicted molar refractivity (Wildman–Crippen MR) is 110 cm³/mol. The third kappa shape index (κ3) is 3.94. The van der Waals surface area contributed by atoms with E-state index in [0.29, 0.717) is 16.6 Å². The van der Waals surface area contributed by atoms with Gasteiger partial charge in [-0.3, -0.25) is 4.79 Å². The molecule has 0 fully saturated rings. The van der Waals surface area contributed by atoms with E-state index in [1.807, 2.05) is 37.3 Å². The second-order valence-electron chi connectivity index (χ2n) is 6.71. The lowest BCUT2D eigenvalue weighted by Gasteiger charge is -2.30. The molecule has 0 aromatic heterocycles. The number of carbonyl (C=O) groups is 1. The monoisotopic (exact) mass is 365 g/mol. The molecular formula is C21H23N3OS. The first kappa shape index (κ1) is 18.1. The first-order chi connectivity index (χ1) is 12.5. The fourth-order valence-electron chi connectivity index (χ4n) is 3.04. The van der Waals surface area contributed by atoms with Crippen LogP contribution in [0, 0.1) is 0 Å². The number of rotatable bonds is 4. The van der Waals surface area contributed by atoms with Crippen molar-refractivity contribution in [2.75, 3.05) is 5.32 Å². The topological polar surface area (TPSA) is 53.2 Å². The van der Waals surface area contributed by atoms with Crippen LogP contribution in [0.25, 0.3) is 0 Å². The molecule has 0 bridgehead atoms. The first-order valence-corrected chi connectivity index (χ1v) is 9.11. The SMILES string of the molecule is CC1=C(C(=O)Nc2ccccc2)[C@H](c2ccc(C(C)C)cc2)NC(=S)N1. The van der Waals surface area contributed by atoms with Gasteiger partial charge in [-0.2, -0.15) is 0 Å². The lowest BCUT2D eigenvalue weighted by atomic mass is 9.92. The number of hydrogen-bond donors (Lipinski definition) is 3. The number of amides is 1. The molecule has 0 saturated heterocycles. The highest BCUT2D eigenvalue weighted by Crippen LogP contribution is 2.29. The van der Waals surface area contributed by atoms with Crippen molar-refractivity contribution in [3.63, 3.8) is 0 Å². The Morgan fingerprint density at radius 1 is 1.08 bits per heavy atom. The van der Waals surface area contributed by atoms with Crippen LogP contribution in [0.5, 0.6) is 0 Å². The number of anilines is 1. The Morgan fingerprint density at radius 2 is 1.73 bits per heavy atom. The van der Waals surface area contributed by atoms with E-state index in [1.54, 1.807) is 0 Å². The number of benzene rings is 2. The second kappa shape index (κ2) is 7.70. The highest BCUT2D eigenvalue weighted by molar-refractivity contribution is 7.80. The molecule has 0 saturated carbocycles. The van der Waals surface area contributed by atoms with Gasteiger partial charge in [0, 0.05) is 11.4 Å². The molecule has 5 heteroatoms. The van der Waals surface area contributed by atoms with Crippen molar-refractivity contribution in [2.45, 2.75) is 32.7 Å². The summed E-state index contributed by atoms with van der Waals surface area (Å²) >= 11 is 5.31. The van der Waals surface area contributed by atoms with Gasteiger partial charge >= 0.3 is 0 Å². The van der Waals surface area contributed by atoms with Crippen molar-refractivity contribution in [1.29, 1.82) is 0 Å². The van der Waals surface area contributed by atoms with E-state index < -0.39 is 0 Å². The first-order valence-electron chi connectivity index (χ1n) is 8.70. The van der Waals surface area contributed by atoms with Crippen LogP contribution in [-0.2, 0) is 4.79 Å². The Labute approximate surface area is 159 Å². The number of para-hydroxylation sites is 1. The van der Waals surface area contributed by atoms with E-state index in [9.17, 15) is 4.79 Å². The van der Waals surface area contributed by atoms with Gasteiger partial charge in [-0.05, 0) is 48.3 Å². The summed E-state index contributed by atoms with van der Waals surface area (Å²) in [7, 11) is 0. The molecule has 0 aliphatic carbocycles. The zero-order valence-electron chi connectivity index (χ0n) is 15.2. The van der Waals surface area contributed by atoms with Crippen molar-refractivity contribution in [3.8, 4) is 0 Å². The Bertz CT molecular complexity index is 841. The summed E-state index contributed by atoms with van der Waals surface area (Å²) in [5, 5.41) is 9.79. The van der Waals surface area contributed by atoms with Crippen LogP contribution in [0.15, 0.2) is 65.9 Å². The van der Waals surface area contributed by atoms with Crippen LogP contribution in [0.4, 0.5) is 5.69 Å². The minimum atomic E-state index is -0.284. The molecule has 3 rings (SSSR count). The summed E-state index contributed by atoms with van der Waals surface area (Å²) in [5.41, 5.74) is 4.44. The molecule has 2 aromatic carbocycles. The van der Waals surface area contributed by atoms with Gasteiger partial charge in [0.25, 0.3) is 5.91 Å². The second-order valence-corrected chi connectivity index (χ2v) is 7.12. The summed E-state index contributed by atoms with van der Waals surface area (Å²) in [6, 6.07) is 17.5. The van der Waals surface area contributed by atoms with E-state index in [4.69, 9.17) is 12.2 Å². The Hall–Kier alpha value is -2.66. The fraction of sp³-hybridized carbons (Fsp3) is 0.238. The van der Waals surface area contributed by atoms with Crippen LogP contribution < -0.4 is 16.0 Å². The van der Waals surface area contributed by atoms with Crippen LogP contribution in [0.3, 0.4) is 0 Å². The number of hydrogen-bond acceptors (Lipinski definition) is 2. The molecule has 1 heterocycles. The van der Waals surface area contributed by atoms with Crippen molar-refractivity contribution < 1.29 is 4.79 Å². The van der Waals surface area contributed by atoms with Crippen LogP contribution in [-0.4, -0.2) is 11.0 Å². The molecule has 1 atom stereocenters. The molecule has 134 valence electrons. The molecule has 0 radical (unpaired) electrons. The summed E-state index contributed by atoms with van der Waals surface area (Å²) in [4.78, 5) is 13.0. The molecule has 0 unspecified atom stereocenters. The fourth-order valence-corrected chi connectivity index (χ4v) is 3.31. The minimum absolute atomic E-state index is 0.144. The highest BCUT2D eigenvalue weighted by Gasteiger charge is 2.29. The predicted octanol–water partition coefficient (Wildman–Crippen LogP) is 4.24. The lowest BCUT2D eigenvalue weighted by Crippen LogP contribution is -2.45. The van der Waals surface area contributed by atoms with Crippen molar-refractivity contribution in [2.24, 2.45) is 0 Å². The van der Waals surface area contributed by atoms with E-state index in [-0.39, 0.29) is 11.9 Å². The third-order valence-corrected chi connectivity index (χ3v) is 4.70. The quantitative estimate of drug-likeness (QED) is 0.710. The largest absolute Gasteiger partial charge is 0.351 e. The summed E-state index contributed by atoms with van der Waals surface area (Å²) < 4.78 is 0. The zero-order valence-corrected chi connectivity index (χ0v) is 16.0. The van der Waals surface area contributed by atoms with E-state index in [2.05, 4.69) is 54.1 Å². The smallest absolute Gasteiger partial charge is 0.255 e. The minimum Gasteiger partial charge on any atom is -0.351 e. The maximum atomic E-state index is 13.0. The van der Waals surface area contributed by atoms with Crippen molar-refractivity contribution in [1.82, 2.24) is 10.6 Å². The van der Waals surface area contributed by atoms with Crippen LogP contribution >= 0.6 is 12.2 Å². The molecule has 1 amide bonds. The van der Waals surface area contributed by atoms with Crippen molar-refractivity contribution >= 4 is 28.9 Å². The molecule has 4 nitrogen and oxygen atoms in total. The van der Waals surface area contributed by atoms with Gasteiger partial charge in [0.05, 0.1) is 11.6 Å². The number of carbonyl (C=O) groups excluding carboxylic acids is 1. The summed E-state index contributed by atoms with van der Waals surface area (Å²) in [6.07, 6.45) is 0. The standard InChI is InChI=1S/C21H23N3OS/c1-13(2)15-9-11-16(12-10-15)19-18(14(3)22-21(26)24-19)20(25)23-17-7-5-4-6-8-17/h4-13,19H,1-3H3,(H,23,25)(H2,22,24,26)/t19-/m0/s1. The molecule has 1 aliphatic heterocycles. The molecule has 26 heavy (non-hydrogen) atoms. The Kier molecular flexibility index (Phi) is 5.38. The van der Waals surface area contributed by atoms with Gasteiger partial charge in [-0.1, -0.05) is 56.3 Å². The number of thiocarbonyl (C=S) groups is 1. The summed E-state index contributed by atoms with van der Waals surface area (Å²) in [5.74, 6) is 0.318. The highest BCUT2D eigenvalue weighted by atomic mass is 32.1. The maximum absolute atomic E-state index is 13.0. The van der Waals surface area contributed by atoms with Crippen molar-refractivity contribution in [3.05, 3.63) is 77.0 Å². The summed E-state index contributed by atoms with van der Waals surface area (Å²) in [6.45, 7) is 6.20. The normalized spacial score (nSPS) is 16.9. The van der Waals surface area contributed by atoms with Gasteiger partial charge in [0.15, 0.2) is 5.11 Å². The molecule has 2 aromatic rings. The maximum Gasteiger partial charge on any atom is 0.255 e. The van der Waals surface area contributed by atoms with Crippen LogP contribution in [0.1, 0.15) is 43.9 Å². The number of nitrogens with one attached hydrogen (secondary N) is 3. The van der Waals surface area contributed by atoms with Gasteiger partial charge in [-0.15, -0.1) is 0 Å². The van der Waals surface area contributed by atoms with Crippen LogP contribution in [0.2, 0.25) is 0 Å².